The van der Waals surface area contributed by atoms with Crippen LogP contribution in [0.1, 0.15) is 20.7 Å². The summed E-state index contributed by atoms with van der Waals surface area (Å²) in [5.74, 6) is -0.921. The minimum Gasteiger partial charge on any atom is -0.478 e. The average molecular weight is 349 g/mol. The van der Waals surface area contributed by atoms with Gasteiger partial charge in [0.25, 0.3) is 0 Å². The van der Waals surface area contributed by atoms with Crippen LogP contribution in [0.25, 0.3) is 33.8 Å². The molecule has 0 aliphatic carbocycles. The van der Waals surface area contributed by atoms with Gasteiger partial charge >= 0.3 is 5.97 Å². The molecule has 10 nitrogen and oxygen atoms in total. The number of rotatable bonds is 4. The number of benzene rings is 2. The molecule has 0 aliphatic rings. The van der Waals surface area contributed by atoms with Crippen LogP contribution in [0.15, 0.2) is 36.4 Å². The lowest BCUT2D eigenvalue weighted by molar-refractivity contribution is 0.0698. The summed E-state index contributed by atoms with van der Waals surface area (Å²) in [5, 5.41) is 22.9. The Morgan fingerprint density at radius 2 is 1.92 bits per heavy atom. The number of carbonyl (C=O) groups excluding carboxylic acids is 1. The first-order valence-electron chi connectivity index (χ1n) is 7.45. The maximum atomic E-state index is 11.5. The third-order valence-electron chi connectivity index (χ3n) is 3.91. The number of hydrogen-bond donors (Lipinski definition) is 4. The molecule has 26 heavy (non-hydrogen) atoms. The number of amides is 1. The molecule has 0 saturated heterocycles. The van der Waals surface area contributed by atoms with Crippen molar-refractivity contribution in [2.45, 2.75) is 0 Å². The Labute approximate surface area is 145 Å². The van der Waals surface area contributed by atoms with Gasteiger partial charge in [0.1, 0.15) is 5.82 Å². The van der Waals surface area contributed by atoms with Gasteiger partial charge in [-0.25, -0.2) is 14.9 Å². The summed E-state index contributed by atoms with van der Waals surface area (Å²) in [6, 6.07) is 9.56. The van der Waals surface area contributed by atoms with Gasteiger partial charge in [-0.15, -0.1) is 5.10 Å². The van der Waals surface area contributed by atoms with E-state index in [0.29, 0.717) is 33.8 Å². The molecule has 4 rings (SSSR count). The fourth-order valence-corrected chi connectivity index (χ4v) is 2.71. The number of carboxylic acids is 1. The normalized spacial score (nSPS) is 10.9. The highest BCUT2D eigenvalue weighted by Crippen LogP contribution is 2.31. The van der Waals surface area contributed by atoms with Gasteiger partial charge in [-0.2, -0.15) is 0 Å². The topological polar surface area (TPSA) is 164 Å². The summed E-state index contributed by atoms with van der Waals surface area (Å²) < 4.78 is 0. The molecular formula is C16H11N7O3. The summed E-state index contributed by atoms with van der Waals surface area (Å²) in [4.78, 5) is 30.4. The Morgan fingerprint density at radius 1 is 1.08 bits per heavy atom. The molecule has 4 aromatic rings. The Kier molecular flexibility index (Phi) is 3.43. The third-order valence-corrected chi connectivity index (χ3v) is 3.91. The summed E-state index contributed by atoms with van der Waals surface area (Å²) >= 11 is 0. The van der Waals surface area contributed by atoms with E-state index in [1.165, 1.54) is 6.07 Å². The molecule has 2 heterocycles. The maximum absolute atomic E-state index is 11.5. The first-order valence-corrected chi connectivity index (χ1v) is 7.45. The molecule has 10 heteroatoms. The van der Waals surface area contributed by atoms with Crippen LogP contribution >= 0.6 is 0 Å². The van der Waals surface area contributed by atoms with Crippen LogP contribution in [0, 0.1) is 0 Å². The van der Waals surface area contributed by atoms with Crippen molar-refractivity contribution in [3.63, 3.8) is 0 Å². The molecule has 5 N–H and O–H groups in total. The maximum Gasteiger partial charge on any atom is 0.337 e. The number of aromatic amines is 2. The molecule has 0 spiro atoms. The highest BCUT2D eigenvalue weighted by atomic mass is 16.4. The van der Waals surface area contributed by atoms with Crippen LogP contribution in [0.2, 0.25) is 0 Å². The van der Waals surface area contributed by atoms with Gasteiger partial charge in [0.15, 0.2) is 5.82 Å². The van der Waals surface area contributed by atoms with E-state index in [2.05, 4.69) is 30.6 Å². The number of H-pyrrole nitrogens is 2. The van der Waals surface area contributed by atoms with E-state index in [-0.39, 0.29) is 11.1 Å². The standard InChI is InChI=1S/C16H11N7O3/c17-13(24)7-4-5-8(10(6-7)15-20-22-23-21-15)14-18-11-3-1-2-9(16(25)26)12(11)19-14/h1-6H,(H2,17,24)(H,18,19)(H,25,26)(H,20,21,22,23). The zero-order chi connectivity index (χ0) is 18.3. The zero-order valence-corrected chi connectivity index (χ0v) is 13.1. The van der Waals surface area contributed by atoms with Crippen molar-refractivity contribution in [2.75, 3.05) is 0 Å². The smallest absolute Gasteiger partial charge is 0.337 e. The molecule has 0 bridgehead atoms. The molecule has 0 fully saturated rings. The van der Waals surface area contributed by atoms with Gasteiger partial charge in [0.2, 0.25) is 5.91 Å². The minimum absolute atomic E-state index is 0.109. The van der Waals surface area contributed by atoms with Crippen LogP contribution in [0.4, 0.5) is 0 Å². The number of tetrazole rings is 1. The number of nitrogens with two attached hydrogens (primary N) is 1. The van der Waals surface area contributed by atoms with Gasteiger partial charge in [-0.05, 0) is 40.8 Å². The SMILES string of the molecule is NC(=O)c1ccc(-c2nc3cccc(C(=O)O)c3[nH]2)c(-c2nnn[nH]2)c1. The first-order chi connectivity index (χ1) is 12.5. The van der Waals surface area contributed by atoms with Crippen molar-refractivity contribution in [3.05, 3.63) is 47.5 Å². The third kappa shape index (κ3) is 2.45. The van der Waals surface area contributed by atoms with E-state index < -0.39 is 11.9 Å². The lowest BCUT2D eigenvalue weighted by atomic mass is 10.0. The predicted molar refractivity (Wildman–Crippen MR) is 90.2 cm³/mol. The van der Waals surface area contributed by atoms with Crippen LogP contribution in [0.3, 0.4) is 0 Å². The monoisotopic (exact) mass is 349 g/mol. The summed E-state index contributed by atoms with van der Waals surface area (Å²) in [5.41, 5.74) is 7.72. The molecular weight excluding hydrogens is 338 g/mol. The van der Waals surface area contributed by atoms with Crippen molar-refractivity contribution in [2.24, 2.45) is 5.73 Å². The Balaban J connectivity index is 1.96. The number of imidazole rings is 1. The van der Waals surface area contributed by atoms with Gasteiger partial charge < -0.3 is 15.8 Å². The number of carboxylic acid groups (broad SMARTS) is 1. The van der Waals surface area contributed by atoms with Gasteiger partial charge in [-0.1, -0.05) is 6.07 Å². The molecule has 0 unspecified atom stereocenters. The number of aromatic carboxylic acids is 1. The molecule has 128 valence electrons. The second-order valence-electron chi connectivity index (χ2n) is 5.46. The Bertz CT molecular complexity index is 1150. The average Bonchev–Trinajstić information content (AvgIpc) is 3.30. The molecule has 0 atom stereocenters. The highest BCUT2D eigenvalue weighted by Gasteiger charge is 2.18. The number of carbonyl (C=O) groups is 2. The molecule has 0 radical (unpaired) electrons. The van der Waals surface area contributed by atoms with E-state index >= 15 is 0 Å². The predicted octanol–water partition coefficient (Wildman–Crippen LogP) is 1.21. The molecule has 2 aromatic heterocycles. The van der Waals surface area contributed by atoms with E-state index in [0.717, 1.165) is 0 Å². The van der Waals surface area contributed by atoms with Gasteiger partial charge in [0.05, 0.1) is 16.6 Å². The molecule has 2 aromatic carbocycles. The van der Waals surface area contributed by atoms with Crippen molar-refractivity contribution >= 4 is 22.9 Å². The summed E-state index contributed by atoms with van der Waals surface area (Å²) in [7, 11) is 0. The van der Waals surface area contributed by atoms with Crippen LogP contribution in [0.5, 0.6) is 0 Å². The van der Waals surface area contributed by atoms with Crippen LogP contribution < -0.4 is 5.73 Å². The first kappa shape index (κ1) is 15.4. The highest BCUT2D eigenvalue weighted by molar-refractivity contribution is 6.02. The number of nitrogens with zero attached hydrogens (tertiary/aromatic N) is 4. The lowest BCUT2D eigenvalue weighted by Gasteiger charge is -2.06. The molecule has 0 saturated carbocycles. The quantitative estimate of drug-likeness (QED) is 0.430. The van der Waals surface area contributed by atoms with Crippen LogP contribution in [-0.2, 0) is 0 Å². The molecule has 0 aliphatic heterocycles. The zero-order valence-electron chi connectivity index (χ0n) is 13.1. The van der Waals surface area contributed by atoms with E-state index in [9.17, 15) is 14.7 Å². The number of aromatic nitrogens is 6. The van der Waals surface area contributed by atoms with Gasteiger partial charge in [-0.3, -0.25) is 4.79 Å². The largest absolute Gasteiger partial charge is 0.478 e. The number of para-hydroxylation sites is 1. The molecule has 1 amide bonds. The van der Waals surface area contributed by atoms with Crippen molar-refractivity contribution < 1.29 is 14.7 Å². The number of hydrogen-bond acceptors (Lipinski definition) is 6. The minimum atomic E-state index is -1.06. The van der Waals surface area contributed by atoms with Crippen molar-refractivity contribution in [1.29, 1.82) is 0 Å². The lowest BCUT2D eigenvalue weighted by Crippen LogP contribution is -2.11. The van der Waals surface area contributed by atoms with E-state index in [1.807, 2.05) is 0 Å². The second-order valence-corrected chi connectivity index (χ2v) is 5.46. The summed E-state index contributed by atoms with van der Waals surface area (Å²) in [6.45, 7) is 0. The van der Waals surface area contributed by atoms with Crippen molar-refractivity contribution in [1.82, 2.24) is 30.6 Å². The van der Waals surface area contributed by atoms with Gasteiger partial charge in [0, 0.05) is 16.7 Å². The number of nitrogens with one attached hydrogen (secondary N) is 2. The van der Waals surface area contributed by atoms with Crippen molar-refractivity contribution in [3.8, 4) is 22.8 Å². The summed E-state index contributed by atoms with van der Waals surface area (Å²) in [6.07, 6.45) is 0. The van der Waals surface area contributed by atoms with E-state index in [4.69, 9.17) is 5.73 Å². The Morgan fingerprint density at radius 3 is 2.62 bits per heavy atom. The van der Waals surface area contributed by atoms with E-state index in [1.54, 1.807) is 30.3 Å². The number of primary amides is 1. The fourth-order valence-electron chi connectivity index (χ4n) is 2.71. The number of fused-ring (bicyclic) bond motifs is 1. The fraction of sp³-hybridized carbons (Fsp3) is 0. The second kappa shape index (κ2) is 5.77. The Hall–Kier alpha value is -4.08. The van der Waals surface area contributed by atoms with Crippen LogP contribution in [-0.4, -0.2) is 47.6 Å².